The van der Waals surface area contributed by atoms with Crippen LogP contribution in [0.25, 0.3) is 10.9 Å². The molecule has 2 aromatic carbocycles. The Hall–Kier alpha value is -2.86. The zero-order valence-corrected chi connectivity index (χ0v) is 15.1. The number of aromatic nitrogens is 2. The number of piperazine rings is 1. The van der Waals surface area contributed by atoms with Crippen LogP contribution in [0.1, 0.15) is 0 Å². The Morgan fingerprint density at radius 3 is 2.46 bits per heavy atom. The molecular formula is C20H23N5O. The summed E-state index contributed by atoms with van der Waals surface area (Å²) >= 11 is 0. The number of rotatable bonds is 4. The van der Waals surface area contributed by atoms with Gasteiger partial charge in [-0.15, -0.1) is 0 Å². The highest BCUT2D eigenvalue weighted by Gasteiger charge is 2.14. The highest BCUT2D eigenvalue weighted by atomic mass is 16.5. The van der Waals surface area contributed by atoms with E-state index in [-0.39, 0.29) is 0 Å². The summed E-state index contributed by atoms with van der Waals surface area (Å²) in [6.45, 7) is 4.36. The fourth-order valence-corrected chi connectivity index (χ4v) is 3.22. The Balaban J connectivity index is 1.53. The molecule has 26 heavy (non-hydrogen) atoms. The molecule has 1 aliphatic rings. The van der Waals surface area contributed by atoms with Crippen molar-refractivity contribution in [3.63, 3.8) is 0 Å². The van der Waals surface area contributed by atoms with Crippen LogP contribution in [0.5, 0.6) is 5.75 Å². The van der Waals surface area contributed by atoms with Gasteiger partial charge in [0.15, 0.2) is 0 Å². The van der Waals surface area contributed by atoms with Gasteiger partial charge in [0.05, 0.1) is 12.6 Å². The van der Waals surface area contributed by atoms with Crippen LogP contribution in [0.15, 0.2) is 48.8 Å². The lowest BCUT2D eigenvalue weighted by Gasteiger charge is -2.34. The van der Waals surface area contributed by atoms with Crippen LogP contribution < -0.4 is 15.0 Å². The number of nitrogens with zero attached hydrogens (tertiary/aromatic N) is 4. The second kappa shape index (κ2) is 7.17. The lowest BCUT2D eigenvalue weighted by Crippen LogP contribution is -2.44. The van der Waals surface area contributed by atoms with Gasteiger partial charge in [0.1, 0.15) is 17.9 Å². The quantitative estimate of drug-likeness (QED) is 0.781. The van der Waals surface area contributed by atoms with Gasteiger partial charge in [-0.05, 0) is 43.4 Å². The molecule has 6 nitrogen and oxygen atoms in total. The van der Waals surface area contributed by atoms with Crippen LogP contribution in [-0.4, -0.2) is 55.2 Å². The van der Waals surface area contributed by atoms with Crippen molar-refractivity contribution in [2.24, 2.45) is 0 Å². The number of hydrogen-bond donors (Lipinski definition) is 1. The van der Waals surface area contributed by atoms with Gasteiger partial charge in [-0.2, -0.15) is 0 Å². The molecule has 0 aliphatic carbocycles. The van der Waals surface area contributed by atoms with Crippen molar-refractivity contribution in [1.82, 2.24) is 14.9 Å². The van der Waals surface area contributed by atoms with Gasteiger partial charge in [0.25, 0.3) is 0 Å². The Kier molecular flexibility index (Phi) is 4.58. The van der Waals surface area contributed by atoms with Crippen molar-refractivity contribution in [2.45, 2.75) is 0 Å². The van der Waals surface area contributed by atoms with E-state index < -0.39 is 0 Å². The molecule has 0 spiro atoms. The molecule has 1 saturated heterocycles. The Labute approximate surface area is 153 Å². The molecular weight excluding hydrogens is 326 g/mol. The maximum atomic E-state index is 5.27. The van der Waals surface area contributed by atoms with E-state index in [0.717, 1.165) is 54.3 Å². The number of anilines is 3. The van der Waals surface area contributed by atoms with Crippen molar-refractivity contribution >= 4 is 28.1 Å². The highest BCUT2D eigenvalue weighted by molar-refractivity contribution is 5.91. The third-order valence-electron chi connectivity index (χ3n) is 4.84. The number of likely N-dealkylation sites (N-methyl/N-ethyl adjacent to an activating group) is 1. The van der Waals surface area contributed by atoms with Crippen molar-refractivity contribution in [3.8, 4) is 5.75 Å². The van der Waals surface area contributed by atoms with Gasteiger partial charge in [-0.1, -0.05) is 0 Å². The number of benzene rings is 2. The van der Waals surface area contributed by atoms with Crippen LogP contribution in [0.3, 0.4) is 0 Å². The van der Waals surface area contributed by atoms with Crippen LogP contribution in [-0.2, 0) is 0 Å². The molecule has 1 aromatic heterocycles. The number of fused-ring (bicyclic) bond motifs is 1. The van der Waals surface area contributed by atoms with Crippen molar-refractivity contribution in [2.75, 3.05) is 50.6 Å². The van der Waals surface area contributed by atoms with Crippen molar-refractivity contribution < 1.29 is 4.74 Å². The summed E-state index contributed by atoms with van der Waals surface area (Å²) in [6.07, 6.45) is 1.57. The lowest BCUT2D eigenvalue weighted by molar-refractivity contribution is 0.313. The summed E-state index contributed by atoms with van der Waals surface area (Å²) in [5.41, 5.74) is 3.13. The first-order chi connectivity index (χ1) is 12.7. The van der Waals surface area contributed by atoms with Gasteiger partial charge in [-0.3, -0.25) is 0 Å². The second-order valence-electron chi connectivity index (χ2n) is 6.57. The predicted octanol–water partition coefficient (Wildman–Crippen LogP) is 3.13. The minimum Gasteiger partial charge on any atom is -0.497 e. The summed E-state index contributed by atoms with van der Waals surface area (Å²) in [5, 5.41) is 4.37. The molecule has 6 heteroatoms. The summed E-state index contributed by atoms with van der Waals surface area (Å²) in [7, 11) is 3.83. The molecule has 0 bridgehead atoms. The van der Waals surface area contributed by atoms with E-state index in [1.165, 1.54) is 5.69 Å². The molecule has 1 N–H and O–H groups in total. The van der Waals surface area contributed by atoms with Crippen LogP contribution in [0.4, 0.5) is 17.2 Å². The van der Waals surface area contributed by atoms with Gasteiger partial charge < -0.3 is 19.9 Å². The van der Waals surface area contributed by atoms with Gasteiger partial charge >= 0.3 is 0 Å². The number of methoxy groups -OCH3 is 1. The first kappa shape index (κ1) is 16.6. The molecule has 0 amide bonds. The van der Waals surface area contributed by atoms with Crippen molar-refractivity contribution in [1.29, 1.82) is 0 Å². The molecule has 0 atom stereocenters. The van der Waals surface area contributed by atoms with E-state index >= 15 is 0 Å². The Morgan fingerprint density at radius 2 is 1.73 bits per heavy atom. The lowest BCUT2D eigenvalue weighted by atomic mass is 10.2. The topological polar surface area (TPSA) is 53.5 Å². The third kappa shape index (κ3) is 3.41. The minimum absolute atomic E-state index is 0.790. The smallest absolute Gasteiger partial charge is 0.141 e. The summed E-state index contributed by atoms with van der Waals surface area (Å²) < 4.78 is 5.27. The highest BCUT2D eigenvalue weighted by Crippen LogP contribution is 2.27. The van der Waals surface area contributed by atoms with Crippen LogP contribution in [0, 0.1) is 0 Å². The maximum absolute atomic E-state index is 5.27. The van der Waals surface area contributed by atoms with Crippen LogP contribution in [0.2, 0.25) is 0 Å². The molecule has 0 saturated carbocycles. The van der Waals surface area contributed by atoms with Gasteiger partial charge in [-0.25, -0.2) is 9.97 Å². The number of ether oxygens (including phenoxy) is 1. The Bertz CT molecular complexity index is 888. The molecule has 0 radical (unpaired) electrons. The summed E-state index contributed by atoms with van der Waals surface area (Å²) in [4.78, 5) is 13.5. The van der Waals surface area contributed by atoms with Crippen molar-refractivity contribution in [3.05, 3.63) is 48.8 Å². The monoisotopic (exact) mass is 349 g/mol. The third-order valence-corrected chi connectivity index (χ3v) is 4.84. The standard InChI is InChI=1S/C20H23N5O/c1-24-9-11-25(12-10-24)16-5-3-15(4-6-16)23-20-18-8-7-17(26-2)13-19(18)21-14-22-20/h3-8,13-14H,9-12H2,1-2H3,(H,21,22,23). The average Bonchev–Trinajstić information content (AvgIpc) is 2.69. The summed E-state index contributed by atoms with van der Waals surface area (Å²) in [5.74, 6) is 1.59. The van der Waals surface area contributed by atoms with Gasteiger partial charge in [0, 0.05) is 49.0 Å². The van der Waals surface area contributed by atoms with E-state index in [1.54, 1.807) is 13.4 Å². The molecule has 0 unspecified atom stereocenters. The number of nitrogens with one attached hydrogen (secondary N) is 1. The van der Waals surface area contributed by atoms with E-state index in [4.69, 9.17) is 4.74 Å². The van der Waals surface area contributed by atoms with Gasteiger partial charge in [0.2, 0.25) is 0 Å². The molecule has 4 rings (SSSR count). The first-order valence-corrected chi connectivity index (χ1v) is 8.82. The molecule has 2 heterocycles. The fourth-order valence-electron chi connectivity index (χ4n) is 3.22. The molecule has 134 valence electrons. The minimum atomic E-state index is 0.790. The molecule has 3 aromatic rings. The predicted molar refractivity (Wildman–Crippen MR) is 106 cm³/mol. The second-order valence-corrected chi connectivity index (χ2v) is 6.57. The first-order valence-electron chi connectivity index (χ1n) is 8.82. The zero-order valence-electron chi connectivity index (χ0n) is 15.1. The zero-order chi connectivity index (χ0) is 17.9. The largest absolute Gasteiger partial charge is 0.497 e. The molecule has 1 aliphatic heterocycles. The van der Waals surface area contributed by atoms with E-state index in [9.17, 15) is 0 Å². The normalized spacial score (nSPS) is 15.2. The van der Waals surface area contributed by atoms with E-state index in [2.05, 4.69) is 56.4 Å². The number of hydrogen-bond acceptors (Lipinski definition) is 6. The fraction of sp³-hybridized carbons (Fsp3) is 0.300. The van der Waals surface area contributed by atoms with E-state index in [1.807, 2.05) is 18.2 Å². The van der Waals surface area contributed by atoms with Crippen LogP contribution >= 0.6 is 0 Å². The SMILES string of the molecule is COc1ccc2c(Nc3ccc(N4CCN(C)CC4)cc3)ncnc2c1. The maximum Gasteiger partial charge on any atom is 0.141 e. The van der Waals surface area contributed by atoms with E-state index in [0.29, 0.717) is 0 Å². The Morgan fingerprint density at radius 1 is 0.962 bits per heavy atom. The average molecular weight is 349 g/mol. The molecule has 1 fully saturated rings. The summed E-state index contributed by atoms with van der Waals surface area (Å²) in [6, 6.07) is 14.4.